The Balaban J connectivity index is 1.65. The van der Waals surface area contributed by atoms with E-state index in [9.17, 15) is 19.7 Å². The lowest BCUT2D eigenvalue weighted by Crippen LogP contribution is -2.18. The van der Waals surface area contributed by atoms with E-state index in [0.717, 1.165) is 17.3 Å². The number of nitrogens with one attached hydrogen (secondary N) is 1. The first-order chi connectivity index (χ1) is 13.9. The second-order valence-electron chi connectivity index (χ2n) is 5.91. The molecule has 3 aromatic rings. The second-order valence-corrected chi connectivity index (χ2v) is 7.90. The molecule has 2 amide bonds. The van der Waals surface area contributed by atoms with Gasteiger partial charge in [-0.25, -0.2) is 0 Å². The van der Waals surface area contributed by atoms with E-state index < -0.39 is 4.92 Å². The van der Waals surface area contributed by atoms with Crippen molar-refractivity contribution in [2.45, 2.75) is 20.4 Å². The number of aromatic nitrogens is 2. The molecule has 1 aromatic carbocycles. The molecule has 0 saturated carbocycles. The third kappa shape index (κ3) is 5.09. The number of benzene rings is 1. The van der Waals surface area contributed by atoms with Gasteiger partial charge in [0.05, 0.1) is 26.6 Å². The molecule has 152 valence electrons. The van der Waals surface area contributed by atoms with Crippen molar-refractivity contribution < 1.29 is 19.0 Å². The van der Waals surface area contributed by atoms with Crippen molar-refractivity contribution >= 4 is 56.6 Å². The zero-order valence-corrected chi connectivity index (χ0v) is 17.2. The second kappa shape index (κ2) is 9.01. The van der Waals surface area contributed by atoms with Gasteiger partial charge in [-0.15, -0.1) is 11.8 Å². The first-order valence-electron chi connectivity index (χ1n) is 8.53. The molecule has 0 unspecified atom stereocenters. The summed E-state index contributed by atoms with van der Waals surface area (Å²) in [6.07, 6.45) is 0. The smallest absolute Gasteiger partial charge is 0.270 e. The van der Waals surface area contributed by atoms with Crippen LogP contribution >= 0.6 is 23.1 Å². The van der Waals surface area contributed by atoms with Gasteiger partial charge in [-0.1, -0.05) is 16.5 Å². The number of carbonyl (C=O) groups is 2. The summed E-state index contributed by atoms with van der Waals surface area (Å²) >= 11 is 2.35. The molecule has 29 heavy (non-hydrogen) atoms. The Morgan fingerprint density at radius 1 is 1.38 bits per heavy atom. The molecule has 12 heteroatoms. The van der Waals surface area contributed by atoms with Crippen molar-refractivity contribution in [3.63, 3.8) is 0 Å². The average molecular weight is 435 g/mol. The number of rotatable bonds is 7. The van der Waals surface area contributed by atoms with Crippen molar-refractivity contribution in [2.24, 2.45) is 4.99 Å². The zero-order chi connectivity index (χ0) is 21.0. The molecule has 0 aliphatic carbocycles. The number of non-ortho nitro benzene ring substituents is 1. The van der Waals surface area contributed by atoms with Crippen LogP contribution in [0.25, 0.3) is 10.2 Å². The van der Waals surface area contributed by atoms with E-state index in [-0.39, 0.29) is 29.0 Å². The van der Waals surface area contributed by atoms with Crippen molar-refractivity contribution in [3.8, 4) is 0 Å². The molecular weight excluding hydrogens is 418 g/mol. The lowest BCUT2D eigenvalue weighted by molar-refractivity contribution is -0.384. The molecular formula is C17H17N5O5S2. The molecule has 0 bridgehead atoms. The summed E-state index contributed by atoms with van der Waals surface area (Å²) in [6.45, 7) is 4.19. The van der Waals surface area contributed by atoms with Gasteiger partial charge in [0.1, 0.15) is 5.76 Å². The Hall–Kier alpha value is -2.99. The standard InChI is InChI=1S/C17H17N5O5S2/c1-3-21-12-5-4-11(22(25)26)7-13(12)29-17(21)19-16(24)9-28-8-15(23)18-14-6-10(2)27-20-14/h4-7H,3,8-9H2,1-2H3,(H,18,20,23). The van der Waals surface area contributed by atoms with E-state index in [0.29, 0.717) is 27.6 Å². The Labute approximate surface area is 172 Å². The van der Waals surface area contributed by atoms with Gasteiger partial charge in [-0.3, -0.25) is 19.7 Å². The van der Waals surface area contributed by atoms with Gasteiger partial charge in [-0.2, -0.15) is 4.99 Å². The minimum atomic E-state index is -0.459. The Morgan fingerprint density at radius 3 is 2.83 bits per heavy atom. The summed E-state index contributed by atoms with van der Waals surface area (Å²) in [5.74, 6) is 0.327. The van der Waals surface area contributed by atoms with Crippen LogP contribution < -0.4 is 10.1 Å². The van der Waals surface area contributed by atoms with E-state index in [1.165, 1.54) is 23.5 Å². The monoisotopic (exact) mass is 435 g/mol. The van der Waals surface area contributed by atoms with Crippen LogP contribution in [0.4, 0.5) is 11.5 Å². The summed E-state index contributed by atoms with van der Waals surface area (Å²) < 4.78 is 7.37. The van der Waals surface area contributed by atoms with Crippen LogP contribution in [0.3, 0.4) is 0 Å². The highest BCUT2D eigenvalue weighted by molar-refractivity contribution is 8.00. The fraction of sp³-hybridized carbons (Fsp3) is 0.294. The summed E-state index contributed by atoms with van der Waals surface area (Å²) in [5, 5.41) is 17.2. The average Bonchev–Trinajstić information content (AvgIpc) is 3.23. The van der Waals surface area contributed by atoms with Crippen LogP contribution in [0.2, 0.25) is 0 Å². The van der Waals surface area contributed by atoms with Crippen molar-refractivity contribution in [3.05, 3.63) is 44.9 Å². The maximum Gasteiger partial charge on any atom is 0.270 e. The van der Waals surface area contributed by atoms with Crippen LogP contribution in [-0.4, -0.2) is 38.0 Å². The van der Waals surface area contributed by atoms with E-state index in [2.05, 4.69) is 15.5 Å². The van der Waals surface area contributed by atoms with Gasteiger partial charge < -0.3 is 14.4 Å². The van der Waals surface area contributed by atoms with E-state index in [4.69, 9.17) is 4.52 Å². The number of thiazole rings is 1. The normalized spacial score (nSPS) is 11.7. The summed E-state index contributed by atoms with van der Waals surface area (Å²) in [7, 11) is 0. The molecule has 0 fully saturated rings. The SMILES string of the molecule is CCn1c(=NC(=O)CSCC(=O)Nc2cc(C)on2)sc2cc([N+](=O)[O-])ccc21. The predicted octanol–water partition coefficient (Wildman–Crippen LogP) is 2.73. The van der Waals surface area contributed by atoms with Crippen LogP contribution in [0.15, 0.2) is 33.8 Å². The van der Waals surface area contributed by atoms with Gasteiger partial charge in [0, 0.05) is 24.7 Å². The lowest BCUT2D eigenvalue weighted by Gasteiger charge is -2.01. The number of fused-ring (bicyclic) bond motifs is 1. The minimum Gasteiger partial charge on any atom is -0.360 e. The van der Waals surface area contributed by atoms with Gasteiger partial charge in [0.15, 0.2) is 10.6 Å². The quantitative estimate of drug-likeness (QED) is 0.445. The van der Waals surface area contributed by atoms with Gasteiger partial charge >= 0.3 is 0 Å². The molecule has 2 heterocycles. The number of amides is 2. The number of hydrogen-bond acceptors (Lipinski definition) is 8. The van der Waals surface area contributed by atoms with E-state index >= 15 is 0 Å². The molecule has 10 nitrogen and oxygen atoms in total. The zero-order valence-electron chi connectivity index (χ0n) is 15.6. The highest BCUT2D eigenvalue weighted by atomic mass is 32.2. The van der Waals surface area contributed by atoms with Crippen molar-refractivity contribution in [1.29, 1.82) is 0 Å². The maximum absolute atomic E-state index is 12.2. The third-order valence-corrected chi connectivity index (χ3v) is 5.73. The molecule has 0 saturated heterocycles. The third-order valence-electron chi connectivity index (χ3n) is 3.77. The van der Waals surface area contributed by atoms with Crippen LogP contribution in [0.5, 0.6) is 0 Å². The minimum absolute atomic E-state index is 0.0104. The van der Waals surface area contributed by atoms with Gasteiger partial charge in [-0.05, 0) is 19.9 Å². The number of nitro groups is 1. The number of nitro benzene ring substituents is 1. The first-order valence-corrected chi connectivity index (χ1v) is 10.5. The summed E-state index contributed by atoms with van der Waals surface area (Å²) in [6, 6.07) is 6.15. The molecule has 0 aliphatic heterocycles. The topological polar surface area (TPSA) is 133 Å². The molecule has 0 radical (unpaired) electrons. The van der Waals surface area contributed by atoms with Gasteiger partial charge in [0.25, 0.3) is 11.6 Å². The van der Waals surface area contributed by atoms with E-state index in [1.54, 1.807) is 19.1 Å². The maximum atomic E-state index is 12.2. The van der Waals surface area contributed by atoms with Crippen LogP contribution in [-0.2, 0) is 16.1 Å². The predicted molar refractivity (Wildman–Crippen MR) is 110 cm³/mol. The number of aryl methyl sites for hydroxylation is 2. The fourth-order valence-corrected chi connectivity index (χ4v) is 4.28. The number of nitrogens with zero attached hydrogens (tertiary/aromatic N) is 4. The Morgan fingerprint density at radius 2 is 2.17 bits per heavy atom. The highest BCUT2D eigenvalue weighted by Crippen LogP contribution is 2.23. The largest absolute Gasteiger partial charge is 0.360 e. The molecule has 0 aliphatic rings. The number of carbonyl (C=O) groups excluding carboxylic acids is 2. The number of hydrogen-bond donors (Lipinski definition) is 1. The fourth-order valence-electron chi connectivity index (χ4n) is 2.54. The van der Waals surface area contributed by atoms with E-state index in [1.807, 2.05) is 11.5 Å². The highest BCUT2D eigenvalue weighted by Gasteiger charge is 2.12. The number of anilines is 1. The number of thioether (sulfide) groups is 1. The van der Waals surface area contributed by atoms with Crippen LogP contribution in [0, 0.1) is 17.0 Å². The Kier molecular flexibility index (Phi) is 6.44. The lowest BCUT2D eigenvalue weighted by atomic mass is 10.3. The van der Waals surface area contributed by atoms with Crippen molar-refractivity contribution in [1.82, 2.24) is 9.72 Å². The van der Waals surface area contributed by atoms with Crippen molar-refractivity contribution in [2.75, 3.05) is 16.8 Å². The first kappa shape index (κ1) is 20.7. The summed E-state index contributed by atoms with van der Waals surface area (Å²) in [4.78, 5) is 39.2. The van der Waals surface area contributed by atoms with Crippen LogP contribution in [0.1, 0.15) is 12.7 Å². The molecule has 0 spiro atoms. The van der Waals surface area contributed by atoms with Gasteiger partial charge in [0.2, 0.25) is 5.91 Å². The molecule has 2 aromatic heterocycles. The molecule has 0 atom stereocenters. The summed E-state index contributed by atoms with van der Waals surface area (Å²) in [5.41, 5.74) is 0.772. The molecule has 3 rings (SSSR count). The Bertz CT molecular complexity index is 1150. The molecule has 1 N–H and O–H groups in total.